The number of benzene rings is 1. The number of urea groups is 1. The number of amides is 2. The average Bonchev–Trinajstić information content (AvgIpc) is 3.03. The zero-order chi connectivity index (χ0) is 13.2. The Morgan fingerprint density at radius 1 is 1.11 bits per heavy atom. The Balaban J connectivity index is 1.58. The predicted octanol–water partition coefficient (Wildman–Crippen LogP) is 3.04. The fourth-order valence-electron chi connectivity index (χ4n) is 3.48. The van der Waals surface area contributed by atoms with Gasteiger partial charge < -0.3 is 16.0 Å². The molecule has 3 atom stereocenters. The Bertz CT molecular complexity index is 457. The molecule has 0 aliphatic heterocycles. The summed E-state index contributed by atoms with van der Waals surface area (Å²) in [5, 5.41) is 8.94. The largest absolute Gasteiger partial charge is 0.382 e. The van der Waals surface area contributed by atoms with Gasteiger partial charge in [-0.3, -0.25) is 0 Å². The molecular weight excluding hydrogens is 238 g/mol. The van der Waals surface area contributed by atoms with Crippen LogP contribution in [0.4, 0.5) is 16.2 Å². The number of nitrogens with one attached hydrogen (secondary N) is 3. The second kappa shape index (κ2) is 5.11. The molecule has 3 rings (SSSR count). The summed E-state index contributed by atoms with van der Waals surface area (Å²) in [6.07, 6.45) is 5.55. The van der Waals surface area contributed by atoms with Crippen LogP contribution in [-0.2, 0) is 0 Å². The molecule has 2 aliphatic carbocycles. The van der Waals surface area contributed by atoms with Crippen molar-refractivity contribution >= 4 is 17.4 Å². The van der Waals surface area contributed by atoms with Crippen LogP contribution in [0.15, 0.2) is 24.3 Å². The van der Waals surface area contributed by atoms with Gasteiger partial charge in [0.15, 0.2) is 0 Å². The number of fused-ring (bicyclic) bond motifs is 2. The molecule has 0 aromatic heterocycles. The van der Waals surface area contributed by atoms with Crippen molar-refractivity contribution in [2.45, 2.75) is 31.7 Å². The predicted molar refractivity (Wildman–Crippen MR) is 77.4 cm³/mol. The molecular formula is C15H21N3O. The molecule has 0 heterocycles. The minimum absolute atomic E-state index is 0.186. The lowest BCUT2D eigenvalue weighted by Gasteiger charge is -2.24. The summed E-state index contributed by atoms with van der Waals surface area (Å²) < 4.78 is 0. The van der Waals surface area contributed by atoms with Crippen LogP contribution in [0.5, 0.6) is 0 Å². The number of rotatable bonds is 3. The summed E-state index contributed by atoms with van der Waals surface area (Å²) in [7, 11) is 1.61. The SMILES string of the molecule is CNC(=O)Nc1ccc(NC2CC3CCC2C3)cc1. The van der Waals surface area contributed by atoms with Gasteiger partial charge in [-0.05, 0) is 55.4 Å². The molecule has 2 saturated carbocycles. The van der Waals surface area contributed by atoms with Crippen molar-refractivity contribution in [3.63, 3.8) is 0 Å². The maximum Gasteiger partial charge on any atom is 0.318 e. The van der Waals surface area contributed by atoms with E-state index >= 15 is 0 Å². The first-order valence-electron chi connectivity index (χ1n) is 7.10. The highest BCUT2D eigenvalue weighted by molar-refractivity contribution is 5.89. The van der Waals surface area contributed by atoms with Crippen molar-refractivity contribution < 1.29 is 4.79 Å². The third-order valence-electron chi connectivity index (χ3n) is 4.46. The van der Waals surface area contributed by atoms with Crippen LogP contribution in [0.1, 0.15) is 25.7 Å². The lowest BCUT2D eigenvalue weighted by atomic mass is 9.95. The molecule has 0 radical (unpaired) electrons. The van der Waals surface area contributed by atoms with Crippen LogP contribution in [0.25, 0.3) is 0 Å². The van der Waals surface area contributed by atoms with Crippen LogP contribution in [0, 0.1) is 11.8 Å². The van der Waals surface area contributed by atoms with E-state index in [1.165, 1.54) is 25.7 Å². The van der Waals surface area contributed by atoms with Crippen LogP contribution in [0.3, 0.4) is 0 Å². The monoisotopic (exact) mass is 259 g/mol. The summed E-state index contributed by atoms with van der Waals surface area (Å²) in [5.74, 6) is 1.82. The summed E-state index contributed by atoms with van der Waals surface area (Å²) in [6.45, 7) is 0. The van der Waals surface area contributed by atoms with Crippen molar-refractivity contribution in [1.82, 2.24) is 5.32 Å². The molecule has 2 bridgehead atoms. The van der Waals surface area contributed by atoms with E-state index in [2.05, 4.69) is 16.0 Å². The highest BCUT2D eigenvalue weighted by Gasteiger charge is 2.39. The van der Waals surface area contributed by atoms with Crippen molar-refractivity contribution in [2.75, 3.05) is 17.7 Å². The third kappa shape index (κ3) is 2.67. The second-order valence-corrected chi connectivity index (χ2v) is 5.71. The molecule has 2 fully saturated rings. The molecule has 1 aromatic carbocycles. The molecule has 1 aromatic rings. The molecule has 2 aliphatic rings. The topological polar surface area (TPSA) is 53.2 Å². The fraction of sp³-hybridized carbons (Fsp3) is 0.533. The molecule has 4 nitrogen and oxygen atoms in total. The van der Waals surface area contributed by atoms with Gasteiger partial charge in [-0.15, -0.1) is 0 Å². The van der Waals surface area contributed by atoms with E-state index in [1.54, 1.807) is 7.05 Å². The number of anilines is 2. The van der Waals surface area contributed by atoms with Gasteiger partial charge in [-0.1, -0.05) is 6.42 Å². The van der Waals surface area contributed by atoms with Gasteiger partial charge >= 0.3 is 6.03 Å². The maximum absolute atomic E-state index is 11.2. The quantitative estimate of drug-likeness (QED) is 0.781. The van der Waals surface area contributed by atoms with Gasteiger partial charge in [0.05, 0.1) is 0 Å². The Kier molecular flexibility index (Phi) is 3.32. The van der Waals surface area contributed by atoms with E-state index in [9.17, 15) is 4.79 Å². The van der Waals surface area contributed by atoms with Crippen LogP contribution >= 0.6 is 0 Å². The summed E-state index contributed by atoms with van der Waals surface area (Å²) in [6, 6.07) is 8.41. The minimum atomic E-state index is -0.186. The molecule has 0 spiro atoms. The Labute approximate surface area is 114 Å². The van der Waals surface area contributed by atoms with Crippen molar-refractivity contribution in [3.05, 3.63) is 24.3 Å². The lowest BCUT2D eigenvalue weighted by molar-refractivity contribution is 0.254. The molecule has 4 heteroatoms. The molecule has 0 saturated heterocycles. The van der Waals surface area contributed by atoms with Crippen LogP contribution in [0.2, 0.25) is 0 Å². The van der Waals surface area contributed by atoms with Crippen LogP contribution in [-0.4, -0.2) is 19.1 Å². The molecule has 3 N–H and O–H groups in total. The maximum atomic E-state index is 11.2. The number of carbonyl (C=O) groups excluding carboxylic acids is 1. The van der Waals surface area contributed by atoms with Gasteiger partial charge in [-0.25, -0.2) is 4.79 Å². The van der Waals surface area contributed by atoms with Crippen molar-refractivity contribution in [3.8, 4) is 0 Å². The highest BCUT2D eigenvalue weighted by atomic mass is 16.2. The van der Waals surface area contributed by atoms with Gasteiger partial charge in [0, 0.05) is 24.5 Å². The molecule has 102 valence electrons. The first-order chi connectivity index (χ1) is 9.24. The average molecular weight is 259 g/mol. The number of hydrogen-bond acceptors (Lipinski definition) is 2. The number of carbonyl (C=O) groups is 1. The zero-order valence-electron chi connectivity index (χ0n) is 11.3. The number of hydrogen-bond donors (Lipinski definition) is 3. The minimum Gasteiger partial charge on any atom is -0.382 e. The van der Waals surface area contributed by atoms with Crippen molar-refractivity contribution in [2.24, 2.45) is 11.8 Å². The first-order valence-corrected chi connectivity index (χ1v) is 7.10. The Morgan fingerprint density at radius 2 is 1.84 bits per heavy atom. The van der Waals surface area contributed by atoms with Crippen molar-refractivity contribution in [1.29, 1.82) is 0 Å². The van der Waals surface area contributed by atoms with E-state index in [0.717, 1.165) is 23.2 Å². The van der Waals surface area contributed by atoms with E-state index in [4.69, 9.17) is 0 Å². The Hall–Kier alpha value is -1.71. The normalized spacial score (nSPS) is 28.2. The first kappa shape index (κ1) is 12.3. The van der Waals surface area contributed by atoms with Gasteiger partial charge in [-0.2, -0.15) is 0 Å². The van der Waals surface area contributed by atoms with E-state index < -0.39 is 0 Å². The highest BCUT2D eigenvalue weighted by Crippen LogP contribution is 2.45. The Morgan fingerprint density at radius 3 is 2.42 bits per heavy atom. The molecule has 19 heavy (non-hydrogen) atoms. The molecule has 3 unspecified atom stereocenters. The second-order valence-electron chi connectivity index (χ2n) is 5.71. The van der Waals surface area contributed by atoms with E-state index in [-0.39, 0.29) is 6.03 Å². The zero-order valence-corrected chi connectivity index (χ0v) is 11.3. The standard InChI is InChI=1S/C15H21N3O/c1-16-15(19)18-13-6-4-12(5-7-13)17-14-9-10-2-3-11(14)8-10/h4-7,10-11,14,17H,2-3,8-9H2,1H3,(H2,16,18,19). The fourth-order valence-corrected chi connectivity index (χ4v) is 3.48. The lowest BCUT2D eigenvalue weighted by Crippen LogP contribution is -2.26. The summed E-state index contributed by atoms with van der Waals surface area (Å²) >= 11 is 0. The van der Waals surface area contributed by atoms with Gasteiger partial charge in [0.1, 0.15) is 0 Å². The third-order valence-corrected chi connectivity index (χ3v) is 4.46. The summed E-state index contributed by atoms with van der Waals surface area (Å²) in [4.78, 5) is 11.2. The summed E-state index contributed by atoms with van der Waals surface area (Å²) in [5.41, 5.74) is 1.97. The smallest absolute Gasteiger partial charge is 0.318 e. The van der Waals surface area contributed by atoms with Gasteiger partial charge in [0.2, 0.25) is 0 Å². The molecule has 2 amide bonds. The van der Waals surface area contributed by atoms with E-state index in [0.29, 0.717) is 6.04 Å². The van der Waals surface area contributed by atoms with Crippen LogP contribution < -0.4 is 16.0 Å². The van der Waals surface area contributed by atoms with Gasteiger partial charge in [0.25, 0.3) is 0 Å². The van der Waals surface area contributed by atoms with E-state index in [1.807, 2.05) is 24.3 Å².